The lowest BCUT2D eigenvalue weighted by atomic mass is 10.1. The van der Waals surface area contributed by atoms with Crippen molar-refractivity contribution in [3.05, 3.63) is 70.8 Å². The normalized spacial score (nSPS) is 10.7. The molecule has 144 valence electrons. The topological polar surface area (TPSA) is 101 Å². The van der Waals surface area contributed by atoms with Crippen molar-refractivity contribution in [3.8, 4) is 0 Å². The summed E-state index contributed by atoms with van der Waals surface area (Å²) in [4.78, 5) is 39.4. The summed E-state index contributed by atoms with van der Waals surface area (Å²) < 4.78 is 1.57. The van der Waals surface area contributed by atoms with Crippen LogP contribution in [0.25, 0.3) is 10.9 Å². The number of rotatable bonds is 8. The zero-order valence-corrected chi connectivity index (χ0v) is 15.3. The highest BCUT2D eigenvalue weighted by Crippen LogP contribution is 2.15. The summed E-state index contributed by atoms with van der Waals surface area (Å²) in [7, 11) is 0. The van der Waals surface area contributed by atoms with E-state index in [1.54, 1.807) is 29.1 Å². The van der Waals surface area contributed by atoms with Crippen molar-refractivity contribution < 1.29 is 14.7 Å². The smallest absolute Gasteiger partial charge is 0.303 e. The molecule has 1 amide bonds. The highest BCUT2D eigenvalue weighted by Gasteiger charge is 2.09. The Bertz CT molecular complexity index is 1040. The van der Waals surface area contributed by atoms with E-state index < -0.39 is 11.9 Å². The molecule has 2 N–H and O–H groups in total. The number of carbonyl (C=O) groups is 2. The number of carboxylic acid groups (broad SMARTS) is 1. The van der Waals surface area contributed by atoms with Gasteiger partial charge in [-0.05, 0) is 36.6 Å². The lowest BCUT2D eigenvalue weighted by molar-refractivity contribution is -0.138. The van der Waals surface area contributed by atoms with Gasteiger partial charge in [0.15, 0.2) is 0 Å². The number of benzene rings is 2. The van der Waals surface area contributed by atoms with Gasteiger partial charge in [0, 0.05) is 18.7 Å². The van der Waals surface area contributed by atoms with E-state index in [2.05, 4.69) is 22.4 Å². The second kappa shape index (κ2) is 8.94. The fourth-order valence-corrected chi connectivity index (χ4v) is 2.94. The SMILES string of the molecule is O=C(O)CCC(=O)Nc1ccc2ncn(CCCc3ccccc3)c(=O)c2c1. The van der Waals surface area contributed by atoms with Crippen LogP contribution in [0.5, 0.6) is 0 Å². The van der Waals surface area contributed by atoms with E-state index in [-0.39, 0.29) is 18.4 Å². The first-order valence-corrected chi connectivity index (χ1v) is 9.08. The number of carbonyl (C=O) groups excluding carboxylic acids is 1. The third kappa shape index (κ3) is 5.03. The fourth-order valence-electron chi connectivity index (χ4n) is 2.94. The molecule has 0 saturated carbocycles. The van der Waals surface area contributed by atoms with Crippen LogP contribution in [-0.4, -0.2) is 26.5 Å². The molecule has 1 heterocycles. The molecule has 0 aliphatic rings. The number of aryl methyl sites for hydroxylation is 2. The maximum absolute atomic E-state index is 12.8. The average molecular weight is 379 g/mol. The Morgan fingerprint density at radius 1 is 1.07 bits per heavy atom. The van der Waals surface area contributed by atoms with E-state index in [1.165, 1.54) is 5.56 Å². The molecule has 0 saturated heterocycles. The molecule has 7 heteroatoms. The zero-order valence-electron chi connectivity index (χ0n) is 15.3. The molecule has 2 aromatic carbocycles. The van der Waals surface area contributed by atoms with Gasteiger partial charge >= 0.3 is 5.97 Å². The Labute approximate surface area is 161 Å². The van der Waals surface area contributed by atoms with Gasteiger partial charge in [0.05, 0.1) is 23.7 Å². The second-order valence-corrected chi connectivity index (χ2v) is 6.51. The molecule has 1 aromatic heterocycles. The number of aromatic nitrogens is 2. The number of nitrogens with zero attached hydrogens (tertiary/aromatic N) is 2. The third-order valence-electron chi connectivity index (χ3n) is 4.38. The van der Waals surface area contributed by atoms with Crippen LogP contribution in [0.3, 0.4) is 0 Å². The standard InChI is InChI=1S/C21H21N3O4/c25-19(10-11-20(26)27)23-16-8-9-18-17(13-16)21(28)24(14-22-18)12-4-7-15-5-2-1-3-6-15/h1-3,5-6,8-9,13-14H,4,7,10-12H2,(H,23,25)(H,26,27). The van der Waals surface area contributed by atoms with Crippen molar-refractivity contribution in [3.63, 3.8) is 0 Å². The van der Waals surface area contributed by atoms with Crippen LogP contribution >= 0.6 is 0 Å². The van der Waals surface area contributed by atoms with Crippen LogP contribution in [0.4, 0.5) is 5.69 Å². The van der Waals surface area contributed by atoms with Gasteiger partial charge in [0.2, 0.25) is 5.91 Å². The highest BCUT2D eigenvalue weighted by atomic mass is 16.4. The zero-order chi connectivity index (χ0) is 19.9. The molecular formula is C21H21N3O4. The molecule has 0 fully saturated rings. The number of carboxylic acids is 1. The molecule has 28 heavy (non-hydrogen) atoms. The van der Waals surface area contributed by atoms with Gasteiger partial charge in [0.1, 0.15) is 0 Å². The molecule has 0 bridgehead atoms. The second-order valence-electron chi connectivity index (χ2n) is 6.51. The molecule has 0 atom stereocenters. The Hall–Kier alpha value is -3.48. The average Bonchev–Trinajstić information content (AvgIpc) is 2.69. The van der Waals surface area contributed by atoms with Crippen molar-refractivity contribution in [2.75, 3.05) is 5.32 Å². The van der Waals surface area contributed by atoms with Crippen LogP contribution < -0.4 is 10.9 Å². The first-order valence-electron chi connectivity index (χ1n) is 9.08. The minimum atomic E-state index is -1.03. The van der Waals surface area contributed by atoms with Crippen LogP contribution in [0.2, 0.25) is 0 Å². The predicted octanol–water partition coefficient (Wildman–Crippen LogP) is 2.83. The van der Waals surface area contributed by atoms with Crippen LogP contribution in [0.1, 0.15) is 24.8 Å². The summed E-state index contributed by atoms with van der Waals surface area (Å²) in [6.45, 7) is 0.547. The number of amides is 1. The van der Waals surface area contributed by atoms with Gasteiger partial charge in [0.25, 0.3) is 5.56 Å². The first-order chi connectivity index (χ1) is 13.5. The Morgan fingerprint density at radius 3 is 2.61 bits per heavy atom. The van der Waals surface area contributed by atoms with Gasteiger partial charge in [-0.1, -0.05) is 30.3 Å². The summed E-state index contributed by atoms with van der Waals surface area (Å²) >= 11 is 0. The highest BCUT2D eigenvalue weighted by molar-refractivity contribution is 5.94. The molecule has 0 unspecified atom stereocenters. The molecule has 3 rings (SSSR count). The minimum absolute atomic E-state index is 0.121. The van der Waals surface area contributed by atoms with Gasteiger partial charge in [-0.2, -0.15) is 0 Å². The summed E-state index contributed by atoms with van der Waals surface area (Å²) in [5, 5.41) is 11.7. The number of hydrogen-bond donors (Lipinski definition) is 2. The van der Waals surface area contributed by atoms with E-state index >= 15 is 0 Å². The first kappa shape index (κ1) is 19.3. The molecular weight excluding hydrogens is 358 g/mol. The van der Waals surface area contributed by atoms with Gasteiger partial charge in [-0.25, -0.2) is 4.98 Å². The monoisotopic (exact) mass is 379 g/mol. The number of hydrogen-bond acceptors (Lipinski definition) is 4. The Kier molecular flexibility index (Phi) is 6.16. The summed E-state index contributed by atoms with van der Waals surface area (Å²) in [5.41, 5.74) is 2.05. The molecule has 0 spiro atoms. The van der Waals surface area contributed by atoms with Crippen molar-refractivity contribution >= 4 is 28.5 Å². The number of fused-ring (bicyclic) bond motifs is 1. The third-order valence-corrected chi connectivity index (χ3v) is 4.38. The van der Waals surface area contributed by atoms with Gasteiger partial charge in [-0.15, -0.1) is 0 Å². The van der Waals surface area contributed by atoms with Crippen LogP contribution in [0.15, 0.2) is 59.7 Å². The fraction of sp³-hybridized carbons (Fsp3) is 0.238. The minimum Gasteiger partial charge on any atom is -0.481 e. The molecule has 0 radical (unpaired) electrons. The van der Waals surface area contributed by atoms with Crippen LogP contribution in [-0.2, 0) is 22.6 Å². The van der Waals surface area contributed by atoms with E-state index in [9.17, 15) is 14.4 Å². The van der Waals surface area contributed by atoms with Crippen LogP contribution in [0, 0.1) is 0 Å². The van der Waals surface area contributed by atoms with Crippen molar-refractivity contribution in [1.82, 2.24) is 9.55 Å². The molecule has 7 nitrogen and oxygen atoms in total. The number of nitrogens with one attached hydrogen (secondary N) is 1. The van der Waals surface area contributed by atoms with Crippen molar-refractivity contribution in [2.24, 2.45) is 0 Å². The number of anilines is 1. The van der Waals surface area contributed by atoms with E-state index in [0.717, 1.165) is 12.8 Å². The Morgan fingerprint density at radius 2 is 1.86 bits per heavy atom. The van der Waals surface area contributed by atoms with Gasteiger partial charge in [-0.3, -0.25) is 19.0 Å². The molecule has 0 aliphatic heterocycles. The Balaban J connectivity index is 1.71. The maximum Gasteiger partial charge on any atom is 0.303 e. The lowest BCUT2D eigenvalue weighted by Crippen LogP contribution is -2.21. The van der Waals surface area contributed by atoms with E-state index in [4.69, 9.17) is 5.11 Å². The lowest BCUT2D eigenvalue weighted by Gasteiger charge is -2.09. The molecule has 3 aromatic rings. The summed E-state index contributed by atoms with van der Waals surface area (Å²) in [5.74, 6) is -1.44. The van der Waals surface area contributed by atoms with Crippen molar-refractivity contribution in [2.45, 2.75) is 32.2 Å². The van der Waals surface area contributed by atoms with Gasteiger partial charge < -0.3 is 10.4 Å². The molecule has 0 aliphatic carbocycles. The van der Waals surface area contributed by atoms with Crippen molar-refractivity contribution in [1.29, 1.82) is 0 Å². The number of aliphatic carboxylic acids is 1. The largest absolute Gasteiger partial charge is 0.481 e. The summed E-state index contributed by atoms with van der Waals surface area (Å²) in [6, 6.07) is 15.0. The summed E-state index contributed by atoms with van der Waals surface area (Å²) in [6.07, 6.45) is 2.85. The quantitative estimate of drug-likeness (QED) is 0.627. The van der Waals surface area contributed by atoms with E-state index in [0.29, 0.717) is 23.1 Å². The van der Waals surface area contributed by atoms with E-state index in [1.807, 2.05) is 18.2 Å². The predicted molar refractivity (Wildman–Crippen MR) is 106 cm³/mol. The maximum atomic E-state index is 12.8.